The molecule has 0 radical (unpaired) electrons. The molecule has 1 heterocycles. The first-order valence-electron chi connectivity index (χ1n) is 5.88. The molecule has 0 amide bonds. The van der Waals surface area contributed by atoms with E-state index in [-0.39, 0.29) is 13.2 Å². The Bertz CT molecular complexity index is 216. The largest absolute Gasteiger partial charge is 0.508 e. The van der Waals surface area contributed by atoms with Crippen molar-refractivity contribution in [1.29, 1.82) is 0 Å². The topological polar surface area (TPSA) is 71.1 Å². The molecular formula is C11H18O6. The van der Waals surface area contributed by atoms with Crippen LogP contribution >= 0.6 is 0 Å². The zero-order chi connectivity index (χ0) is 12.3. The van der Waals surface area contributed by atoms with E-state index >= 15 is 0 Å². The molecule has 1 saturated heterocycles. The summed E-state index contributed by atoms with van der Waals surface area (Å²) < 4.78 is 19.3. The molecule has 1 aliphatic rings. The van der Waals surface area contributed by atoms with Crippen molar-refractivity contribution in [2.75, 3.05) is 26.4 Å². The Hall–Kier alpha value is -1.46. The Labute approximate surface area is 100 Å². The van der Waals surface area contributed by atoms with Crippen molar-refractivity contribution in [3.05, 3.63) is 0 Å². The fraction of sp³-hybridized carbons (Fsp3) is 0.818. The van der Waals surface area contributed by atoms with Crippen LogP contribution in [0.5, 0.6) is 0 Å². The molecule has 0 unspecified atom stereocenters. The van der Waals surface area contributed by atoms with Gasteiger partial charge < -0.3 is 18.9 Å². The highest BCUT2D eigenvalue weighted by molar-refractivity contribution is 5.60. The Kier molecular flexibility index (Phi) is 6.93. The predicted octanol–water partition coefficient (Wildman–Crippen LogP) is 2.26. The van der Waals surface area contributed by atoms with Crippen molar-refractivity contribution in [2.45, 2.75) is 32.1 Å². The van der Waals surface area contributed by atoms with E-state index in [1.165, 1.54) is 0 Å². The van der Waals surface area contributed by atoms with Gasteiger partial charge in [0.15, 0.2) is 0 Å². The van der Waals surface area contributed by atoms with Gasteiger partial charge in [-0.15, -0.1) is 0 Å². The van der Waals surface area contributed by atoms with Gasteiger partial charge >= 0.3 is 12.3 Å². The minimum absolute atomic E-state index is 0.275. The summed E-state index contributed by atoms with van der Waals surface area (Å²) in [5.74, 6) is 0. The highest BCUT2D eigenvalue weighted by Crippen LogP contribution is 2.01. The summed E-state index contributed by atoms with van der Waals surface area (Å²) in [6, 6.07) is 0. The summed E-state index contributed by atoms with van der Waals surface area (Å²) in [6.07, 6.45) is 2.27. The average molecular weight is 246 g/mol. The van der Waals surface area contributed by atoms with E-state index in [2.05, 4.69) is 0 Å². The van der Waals surface area contributed by atoms with Crippen molar-refractivity contribution in [2.24, 2.45) is 0 Å². The molecule has 1 rings (SSSR count). The SMILES string of the molecule is O=C1OCCCCCOC(=O)OCCCCO1. The lowest BCUT2D eigenvalue weighted by Crippen LogP contribution is -2.10. The van der Waals surface area contributed by atoms with Crippen LogP contribution in [0, 0.1) is 0 Å². The summed E-state index contributed by atoms with van der Waals surface area (Å²) in [5, 5.41) is 0. The van der Waals surface area contributed by atoms with Crippen LogP contribution in [0.4, 0.5) is 9.59 Å². The highest BCUT2D eigenvalue weighted by atomic mass is 16.7. The third-order valence-corrected chi connectivity index (χ3v) is 2.21. The summed E-state index contributed by atoms with van der Waals surface area (Å²) >= 11 is 0. The highest BCUT2D eigenvalue weighted by Gasteiger charge is 2.06. The average Bonchev–Trinajstić information content (AvgIpc) is 2.32. The normalized spacial score (nSPS) is 20.9. The Morgan fingerprint density at radius 1 is 0.529 bits per heavy atom. The van der Waals surface area contributed by atoms with Crippen LogP contribution in [0.25, 0.3) is 0 Å². The molecule has 0 aromatic rings. The summed E-state index contributed by atoms with van der Waals surface area (Å²) in [6.45, 7) is 1.22. The zero-order valence-corrected chi connectivity index (χ0v) is 9.81. The molecule has 0 bridgehead atoms. The molecular weight excluding hydrogens is 228 g/mol. The van der Waals surface area contributed by atoms with Gasteiger partial charge in [0.05, 0.1) is 26.4 Å². The monoisotopic (exact) mass is 246 g/mol. The molecule has 1 aliphatic heterocycles. The van der Waals surface area contributed by atoms with Crippen LogP contribution in [0.15, 0.2) is 0 Å². The van der Waals surface area contributed by atoms with Crippen molar-refractivity contribution >= 4 is 12.3 Å². The molecule has 0 saturated carbocycles. The number of hydrogen-bond donors (Lipinski definition) is 0. The summed E-state index contributed by atoms with van der Waals surface area (Å²) in [5.41, 5.74) is 0. The maximum absolute atomic E-state index is 11.0. The number of carbonyl (C=O) groups is 2. The molecule has 0 aromatic carbocycles. The molecule has 1 fully saturated rings. The van der Waals surface area contributed by atoms with Gasteiger partial charge in [-0.2, -0.15) is 0 Å². The summed E-state index contributed by atoms with van der Waals surface area (Å²) in [7, 11) is 0. The fourth-order valence-corrected chi connectivity index (χ4v) is 1.29. The Morgan fingerprint density at radius 3 is 1.18 bits per heavy atom. The first-order valence-corrected chi connectivity index (χ1v) is 5.88. The molecule has 17 heavy (non-hydrogen) atoms. The van der Waals surface area contributed by atoms with Gasteiger partial charge in [0.2, 0.25) is 0 Å². The van der Waals surface area contributed by atoms with Crippen molar-refractivity contribution in [3.8, 4) is 0 Å². The van der Waals surface area contributed by atoms with Crippen LogP contribution in [0.3, 0.4) is 0 Å². The minimum atomic E-state index is -0.631. The quantitative estimate of drug-likeness (QED) is 0.610. The molecule has 98 valence electrons. The van der Waals surface area contributed by atoms with E-state index in [0.717, 1.165) is 19.3 Å². The number of hydrogen-bond acceptors (Lipinski definition) is 6. The van der Waals surface area contributed by atoms with Gasteiger partial charge in [-0.05, 0) is 32.1 Å². The first-order chi connectivity index (χ1) is 8.29. The smallest absolute Gasteiger partial charge is 0.434 e. The van der Waals surface area contributed by atoms with E-state index in [9.17, 15) is 9.59 Å². The van der Waals surface area contributed by atoms with Crippen molar-refractivity contribution < 1.29 is 28.5 Å². The Balaban J connectivity index is 2.23. The van der Waals surface area contributed by atoms with Gasteiger partial charge in [0, 0.05) is 0 Å². The number of cyclic esters (lactones) is 4. The number of ether oxygens (including phenoxy) is 4. The van der Waals surface area contributed by atoms with Gasteiger partial charge in [-0.3, -0.25) is 0 Å². The second kappa shape index (κ2) is 8.66. The molecule has 0 spiro atoms. The van der Waals surface area contributed by atoms with E-state index in [1.807, 2.05) is 0 Å². The third-order valence-electron chi connectivity index (χ3n) is 2.21. The van der Waals surface area contributed by atoms with Gasteiger partial charge in [0.25, 0.3) is 0 Å². The van der Waals surface area contributed by atoms with Gasteiger partial charge in [-0.25, -0.2) is 9.59 Å². The maximum Gasteiger partial charge on any atom is 0.508 e. The molecule has 6 nitrogen and oxygen atoms in total. The predicted molar refractivity (Wildman–Crippen MR) is 57.7 cm³/mol. The van der Waals surface area contributed by atoms with E-state index in [1.54, 1.807) is 0 Å². The van der Waals surface area contributed by atoms with Gasteiger partial charge in [0.1, 0.15) is 0 Å². The number of carbonyl (C=O) groups excluding carboxylic acids is 2. The van der Waals surface area contributed by atoms with Crippen molar-refractivity contribution in [3.63, 3.8) is 0 Å². The lowest BCUT2D eigenvalue weighted by Gasteiger charge is -2.05. The van der Waals surface area contributed by atoms with Crippen LogP contribution < -0.4 is 0 Å². The van der Waals surface area contributed by atoms with E-state index in [4.69, 9.17) is 18.9 Å². The maximum atomic E-state index is 11.0. The lowest BCUT2D eigenvalue weighted by atomic mass is 10.2. The van der Waals surface area contributed by atoms with Gasteiger partial charge in [-0.1, -0.05) is 0 Å². The van der Waals surface area contributed by atoms with Crippen LogP contribution in [-0.2, 0) is 18.9 Å². The second-order valence-corrected chi connectivity index (χ2v) is 3.66. The molecule has 0 N–H and O–H groups in total. The molecule has 0 atom stereocenters. The molecule has 6 heteroatoms. The van der Waals surface area contributed by atoms with Crippen molar-refractivity contribution in [1.82, 2.24) is 0 Å². The fourth-order valence-electron chi connectivity index (χ4n) is 1.29. The molecule has 0 aromatic heterocycles. The first kappa shape index (κ1) is 13.6. The zero-order valence-electron chi connectivity index (χ0n) is 9.81. The summed E-state index contributed by atoms with van der Waals surface area (Å²) in [4.78, 5) is 22.0. The molecule has 0 aliphatic carbocycles. The third kappa shape index (κ3) is 7.43. The number of rotatable bonds is 0. The van der Waals surface area contributed by atoms with E-state index in [0.29, 0.717) is 26.1 Å². The standard InChI is InChI=1S/C11H18O6/c12-10-14-6-2-1-3-7-15-11(13)17-9-5-4-8-16-10/h1-9H2. The lowest BCUT2D eigenvalue weighted by molar-refractivity contribution is 0.0472. The van der Waals surface area contributed by atoms with Crippen LogP contribution in [0.1, 0.15) is 32.1 Å². The van der Waals surface area contributed by atoms with Crippen LogP contribution in [-0.4, -0.2) is 38.7 Å². The Morgan fingerprint density at radius 2 is 0.824 bits per heavy atom. The van der Waals surface area contributed by atoms with E-state index < -0.39 is 12.3 Å². The minimum Gasteiger partial charge on any atom is -0.434 e. The van der Waals surface area contributed by atoms with Crippen LogP contribution in [0.2, 0.25) is 0 Å². The second-order valence-electron chi connectivity index (χ2n) is 3.66.